The fraction of sp³-hybridized carbons (Fsp3) is 0.227. The zero-order valence-electron chi connectivity index (χ0n) is 33.4. The number of pyridine rings is 1. The number of aryl methyl sites for hydroxylation is 2. The van der Waals surface area contributed by atoms with Crippen LogP contribution in [0.1, 0.15) is 57.3 Å². The van der Waals surface area contributed by atoms with Crippen molar-refractivity contribution in [3.63, 3.8) is 0 Å². The summed E-state index contributed by atoms with van der Waals surface area (Å²) in [5.41, 5.74) is 3.29. The van der Waals surface area contributed by atoms with Gasteiger partial charge >= 0.3 is 0 Å². The average Bonchev–Trinajstić information content (AvgIpc) is 3.58. The molecule has 3 N–H and O–H groups in total. The summed E-state index contributed by atoms with van der Waals surface area (Å²) >= 11 is 0. The third-order valence-corrected chi connectivity index (χ3v) is 10.9. The molecule has 16 nitrogen and oxygen atoms in total. The molecule has 0 aliphatic carbocycles. The second-order valence-electron chi connectivity index (χ2n) is 14.5. The summed E-state index contributed by atoms with van der Waals surface area (Å²) in [7, 11) is 3.16. The van der Waals surface area contributed by atoms with Gasteiger partial charge < -0.3 is 34.3 Å². The van der Waals surface area contributed by atoms with Crippen LogP contribution in [0.3, 0.4) is 0 Å². The van der Waals surface area contributed by atoms with E-state index in [4.69, 9.17) is 14.2 Å². The fourth-order valence-corrected chi connectivity index (χ4v) is 7.58. The molecule has 4 heterocycles. The number of aromatic nitrogens is 3. The molecule has 5 amide bonds. The van der Waals surface area contributed by atoms with Crippen molar-refractivity contribution in [2.24, 2.45) is 7.05 Å². The normalized spacial score (nSPS) is 14.8. The minimum Gasteiger partial charge on any atom is -0.493 e. The summed E-state index contributed by atoms with van der Waals surface area (Å²) < 4.78 is 34.6. The molecule has 1 atom stereocenters. The molecule has 310 valence electrons. The molecule has 0 radical (unpaired) electrons. The Hall–Kier alpha value is -7.69. The highest BCUT2D eigenvalue weighted by Crippen LogP contribution is 2.37. The van der Waals surface area contributed by atoms with Crippen LogP contribution in [-0.4, -0.2) is 68.7 Å². The van der Waals surface area contributed by atoms with Gasteiger partial charge in [-0.3, -0.25) is 34.1 Å². The highest BCUT2D eigenvalue weighted by molar-refractivity contribution is 6.08. The van der Waals surface area contributed by atoms with E-state index in [2.05, 4.69) is 25.9 Å². The molecular weight excluding hydrogens is 790 g/mol. The number of hydrogen-bond acceptors (Lipinski definition) is 11. The molecule has 2 aliphatic rings. The molecule has 2 aliphatic heterocycles. The Labute approximate surface area is 346 Å². The van der Waals surface area contributed by atoms with E-state index in [1.54, 1.807) is 42.8 Å². The Morgan fingerprint density at radius 3 is 2.52 bits per heavy atom. The number of fused-ring (bicyclic) bond motifs is 3. The fourth-order valence-electron chi connectivity index (χ4n) is 7.58. The van der Waals surface area contributed by atoms with E-state index in [0.717, 1.165) is 18.1 Å². The van der Waals surface area contributed by atoms with Crippen molar-refractivity contribution in [1.29, 1.82) is 0 Å². The van der Waals surface area contributed by atoms with Crippen LogP contribution in [0.15, 0.2) is 77.9 Å². The van der Waals surface area contributed by atoms with Crippen LogP contribution in [0.2, 0.25) is 0 Å². The third kappa shape index (κ3) is 7.56. The van der Waals surface area contributed by atoms with Gasteiger partial charge in [0, 0.05) is 65.7 Å². The maximum Gasteiger partial charge on any atom is 0.262 e. The van der Waals surface area contributed by atoms with Crippen LogP contribution in [0.4, 0.5) is 15.8 Å². The lowest BCUT2D eigenvalue weighted by Gasteiger charge is -2.29. The zero-order chi connectivity index (χ0) is 43.1. The number of nitrogens with zero attached hydrogens (tertiary/aromatic N) is 4. The van der Waals surface area contributed by atoms with Crippen molar-refractivity contribution in [2.75, 3.05) is 24.4 Å². The van der Waals surface area contributed by atoms with E-state index >= 15 is 4.39 Å². The number of carbonyl (C=O) groups excluding carboxylic acids is 5. The molecule has 1 unspecified atom stereocenters. The van der Waals surface area contributed by atoms with Gasteiger partial charge in [0.2, 0.25) is 23.1 Å². The average molecular weight is 828 g/mol. The maximum absolute atomic E-state index is 15.6. The first-order chi connectivity index (χ1) is 29.3. The van der Waals surface area contributed by atoms with Crippen molar-refractivity contribution >= 4 is 62.7 Å². The first-order valence-electron chi connectivity index (χ1n) is 19.3. The quantitative estimate of drug-likeness (QED) is 0.143. The molecule has 17 heteroatoms. The number of rotatable bonds is 11. The van der Waals surface area contributed by atoms with Crippen molar-refractivity contribution < 1.29 is 42.6 Å². The molecule has 1 saturated heterocycles. The van der Waals surface area contributed by atoms with Gasteiger partial charge in [-0.25, -0.2) is 14.4 Å². The Bertz CT molecular complexity index is 2910. The van der Waals surface area contributed by atoms with Gasteiger partial charge in [-0.1, -0.05) is 19.1 Å². The lowest BCUT2D eigenvalue weighted by atomic mass is 10.0. The lowest BCUT2D eigenvalue weighted by Crippen LogP contribution is -2.52. The smallest absolute Gasteiger partial charge is 0.262 e. The summed E-state index contributed by atoms with van der Waals surface area (Å²) in [6.07, 6.45) is 2.25. The SMILES string of the molecule is CCc1ccc2c(c1)c(=O)c(C(=O)Nc1ccc(Oc3ncnc4cc(OCC(=O)Nc5cccc6c5CN(C5CCC(=O)NC5=O)C6=O)c(OC)cc34)c(F)c1)c(C)n2C. The molecule has 4 aromatic carbocycles. The van der Waals surface area contributed by atoms with Gasteiger partial charge in [-0.2, -0.15) is 0 Å². The number of amides is 5. The van der Waals surface area contributed by atoms with Crippen molar-refractivity contribution in [3.8, 4) is 23.1 Å². The first-order valence-corrected chi connectivity index (χ1v) is 19.3. The predicted octanol–water partition coefficient (Wildman–Crippen LogP) is 5.32. The highest BCUT2D eigenvalue weighted by Gasteiger charge is 2.40. The molecule has 1 fully saturated rings. The number of piperidine rings is 1. The molecule has 6 aromatic rings. The maximum atomic E-state index is 15.6. The summed E-state index contributed by atoms with van der Waals surface area (Å²) in [5.74, 6) is -3.26. The zero-order valence-corrected chi connectivity index (χ0v) is 33.4. The number of imide groups is 1. The number of halogens is 1. The van der Waals surface area contributed by atoms with Crippen LogP contribution in [0.25, 0.3) is 21.8 Å². The molecule has 61 heavy (non-hydrogen) atoms. The Kier molecular flexibility index (Phi) is 10.6. The van der Waals surface area contributed by atoms with Gasteiger partial charge in [0.1, 0.15) is 17.9 Å². The first kappa shape index (κ1) is 40.1. The minimum absolute atomic E-state index is 0.0242. The van der Waals surface area contributed by atoms with Crippen LogP contribution in [0.5, 0.6) is 23.1 Å². The molecule has 8 rings (SSSR count). The van der Waals surface area contributed by atoms with E-state index in [1.807, 2.05) is 19.1 Å². The van der Waals surface area contributed by atoms with Gasteiger partial charge in [0.05, 0.1) is 23.5 Å². The Morgan fingerprint density at radius 2 is 1.77 bits per heavy atom. The number of nitrogens with one attached hydrogen (secondary N) is 3. The third-order valence-electron chi connectivity index (χ3n) is 10.9. The molecule has 0 spiro atoms. The Morgan fingerprint density at radius 1 is 0.951 bits per heavy atom. The highest BCUT2D eigenvalue weighted by atomic mass is 19.1. The lowest BCUT2D eigenvalue weighted by molar-refractivity contribution is -0.137. The van der Waals surface area contributed by atoms with Crippen LogP contribution >= 0.6 is 0 Å². The molecular formula is C44H38FN7O9. The number of benzene rings is 4. The monoisotopic (exact) mass is 827 g/mol. The van der Waals surface area contributed by atoms with E-state index in [0.29, 0.717) is 44.3 Å². The summed E-state index contributed by atoms with van der Waals surface area (Å²) in [6, 6.07) is 16.5. The molecule has 2 aromatic heterocycles. The topological polar surface area (TPSA) is 200 Å². The minimum atomic E-state index is -0.824. The van der Waals surface area contributed by atoms with Gasteiger partial charge in [-0.05, 0) is 67.8 Å². The number of methoxy groups -OCH3 is 1. The molecule has 0 saturated carbocycles. The van der Waals surface area contributed by atoms with Crippen molar-refractivity contribution in [2.45, 2.75) is 45.7 Å². The number of hydrogen-bond donors (Lipinski definition) is 3. The van der Waals surface area contributed by atoms with Crippen molar-refractivity contribution in [3.05, 3.63) is 117 Å². The van der Waals surface area contributed by atoms with E-state index in [1.165, 1.54) is 42.6 Å². The summed E-state index contributed by atoms with van der Waals surface area (Å²) in [6.45, 7) is 3.26. The second kappa shape index (κ2) is 16.2. The second-order valence-corrected chi connectivity index (χ2v) is 14.5. The molecule has 0 bridgehead atoms. The number of carbonyl (C=O) groups is 5. The van der Waals surface area contributed by atoms with E-state index < -0.39 is 41.6 Å². The predicted molar refractivity (Wildman–Crippen MR) is 220 cm³/mol. The van der Waals surface area contributed by atoms with Crippen LogP contribution in [-0.2, 0) is 34.4 Å². The standard InChI is InChI=1S/C44H38FN7O9/c1-5-23-9-11-32-27(15-23)40(55)39(22(2)51(32)3)42(57)48-24-10-13-34(29(45)16-24)61-43-26-17-35(59-4)36(18-31(26)46-21-47-43)60-20-38(54)49-30-8-6-7-25-28(30)19-52(44(25)58)33-12-14-37(53)50-41(33)56/h6-11,13,15-18,21,33H,5,12,14,19-20H2,1-4H3,(H,48,57)(H,49,54)(H,50,53,56). The van der Waals surface area contributed by atoms with Crippen LogP contribution < -0.4 is 35.6 Å². The number of anilines is 2. The van der Waals surface area contributed by atoms with Crippen LogP contribution in [0, 0.1) is 12.7 Å². The Balaban J connectivity index is 0.950. The largest absolute Gasteiger partial charge is 0.493 e. The summed E-state index contributed by atoms with van der Waals surface area (Å²) in [5, 5.41) is 8.42. The van der Waals surface area contributed by atoms with Gasteiger partial charge in [0.25, 0.3) is 17.7 Å². The number of ether oxygens (including phenoxy) is 3. The van der Waals surface area contributed by atoms with Gasteiger partial charge in [0.15, 0.2) is 29.7 Å². The summed E-state index contributed by atoms with van der Waals surface area (Å²) in [4.78, 5) is 87.3. The van der Waals surface area contributed by atoms with E-state index in [-0.39, 0.29) is 65.6 Å². The van der Waals surface area contributed by atoms with Crippen molar-refractivity contribution in [1.82, 2.24) is 24.8 Å². The van der Waals surface area contributed by atoms with E-state index in [9.17, 15) is 28.8 Å². The van der Waals surface area contributed by atoms with Gasteiger partial charge in [-0.15, -0.1) is 0 Å².